The van der Waals surface area contributed by atoms with Crippen LogP contribution in [0.4, 0.5) is 4.39 Å². The van der Waals surface area contributed by atoms with Crippen molar-refractivity contribution in [2.45, 2.75) is 25.4 Å². The lowest BCUT2D eigenvalue weighted by molar-refractivity contribution is -0.0196. The van der Waals surface area contributed by atoms with Gasteiger partial charge in [-0.2, -0.15) is 0 Å². The number of nitrogens with two attached hydrogens (primary N) is 1. The molecule has 0 spiro atoms. The average Bonchev–Trinajstić information content (AvgIpc) is 2.24. The molecule has 0 fully saturated rings. The Labute approximate surface area is 88.9 Å². The fraction of sp³-hybridized carbons (Fsp3) is 0.500. The van der Waals surface area contributed by atoms with Gasteiger partial charge in [0.1, 0.15) is 11.4 Å². The molecule has 0 saturated heterocycles. The van der Waals surface area contributed by atoms with Crippen molar-refractivity contribution >= 4 is 0 Å². The molecule has 0 aromatic heterocycles. The lowest BCUT2D eigenvalue weighted by Gasteiger charge is -2.39. The highest BCUT2D eigenvalue weighted by Crippen LogP contribution is 2.39. The number of aliphatic hydroxyl groups is 1. The molecule has 3 heteroatoms. The van der Waals surface area contributed by atoms with E-state index in [1.807, 2.05) is 6.92 Å². The van der Waals surface area contributed by atoms with Crippen molar-refractivity contribution in [2.75, 3.05) is 6.54 Å². The maximum absolute atomic E-state index is 13.5. The van der Waals surface area contributed by atoms with E-state index in [4.69, 9.17) is 5.73 Å². The molecule has 1 aromatic carbocycles. The normalized spacial score (nSPS) is 30.0. The third-order valence-electron chi connectivity index (χ3n) is 3.54. The largest absolute Gasteiger partial charge is 0.384 e. The minimum Gasteiger partial charge on any atom is -0.384 e. The summed E-state index contributed by atoms with van der Waals surface area (Å²) in [4.78, 5) is 0. The van der Waals surface area contributed by atoms with E-state index in [0.717, 1.165) is 6.42 Å². The van der Waals surface area contributed by atoms with Crippen LogP contribution in [-0.4, -0.2) is 11.7 Å². The number of halogens is 1. The Kier molecular flexibility index (Phi) is 2.52. The molecular formula is C12H16FNO. The Bertz CT molecular complexity index is 380. The molecule has 0 saturated carbocycles. The lowest BCUT2D eigenvalue weighted by Crippen LogP contribution is -2.44. The van der Waals surface area contributed by atoms with Gasteiger partial charge in [-0.1, -0.05) is 19.1 Å². The summed E-state index contributed by atoms with van der Waals surface area (Å²) in [5.74, 6) is -0.150. The maximum atomic E-state index is 13.5. The zero-order chi connectivity index (χ0) is 11.1. The summed E-state index contributed by atoms with van der Waals surface area (Å²) in [5, 5.41) is 10.4. The number of hydrogen-bond donors (Lipinski definition) is 2. The van der Waals surface area contributed by atoms with Crippen LogP contribution in [0.2, 0.25) is 0 Å². The van der Waals surface area contributed by atoms with Crippen LogP contribution in [0.1, 0.15) is 24.5 Å². The second-order valence-electron chi connectivity index (χ2n) is 4.33. The number of hydrogen-bond acceptors (Lipinski definition) is 2. The first kappa shape index (κ1) is 10.6. The van der Waals surface area contributed by atoms with Crippen LogP contribution in [0.25, 0.3) is 0 Å². The minimum atomic E-state index is -1.06. The molecule has 2 unspecified atom stereocenters. The highest BCUT2D eigenvalue weighted by atomic mass is 19.1. The number of rotatable bonds is 1. The molecule has 0 amide bonds. The average molecular weight is 209 g/mol. The van der Waals surface area contributed by atoms with Crippen molar-refractivity contribution in [3.8, 4) is 0 Å². The molecule has 0 radical (unpaired) electrons. The predicted molar refractivity (Wildman–Crippen MR) is 56.8 cm³/mol. The summed E-state index contributed by atoms with van der Waals surface area (Å²) in [7, 11) is 0. The van der Waals surface area contributed by atoms with Crippen LogP contribution in [0.5, 0.6) is 0 Å². The van der Waals surface area contributed by atoms with Gasteiger partial charge in [0.05, 0.1) is 0 Å². The Hall–Kier alpha value is -0.930. The van der Waals surface area contributed by atoms with Crippen LogP contribution >= 0.6 is 0 Å². The molecule has 2 atom stereocenters. The first-order chi connectivity index (χ1) is 7.09. The van der Waals surface area contributed by atoms with E-state index in [1.54, 1.807) is 12.1 Å². The van der Waals surface area contributed by atoms with Crippen LogP contribution in [0.15, 0.2) is 18.2 Å². The lowest BCUT2D eigenvalue weighted by atomic mass is 9.72. The summed E-state index contributed by atoms with van der Waals surface area (Å²) in [6.45, 7) is 2.10. The Balaban J connectivity index is 2.58. The van der Waals surface area contributed by atoms with Crippen LogP contribution < -0.4 is 5.73 Å². The van der Waals surface area contributed by atoms with Gasteiger partial charge in [-0.3, -0.25) is 0 Å². The van der Waals surface area contributed by atoms with Crippen molar-refractivity contribution in [1.82, 2.24) is 0 Å². The molecule has 1 aliphatic carbocycles. The van der Waals surface area contributed by atoms with E-state index >= 15 is 0 Å². The van der Waals surface area contributed by atoms with Gasteiger partial charge < -0.3 is 10.8 Å². The minimum absolute atomic E-state index is 0.0804. The summed E-state index contributed by atoms with van der Waals surface area (Å²) in [6, 6.07) is 4.85. The third-order valence-corrected chi connectivity index (χ3v) is 3.54. The van der Waals surface area contributed by atoms with Gasteiger partial charge in [-0.05, 0) is 36.0 Å². The van der Waals surface area contributed by atoms with E-state index in [2.05, 4.69) is 0 Å². The summed E-state index contributed by atoms with van der Waals surface area (Å²) >= 11 is 0. The topological polar surface area (TPSA) is 46.2 Å². The zero-order valence-electron chi connectivity index (χ0n) is 8.83. The van der Waals surface area contributed by atoms with Gasteiger partial charge in [-0.15, -0.1) is 0 Å². The van der Waals surface area contributed by atoms with Gasteiger partial charge in [0.2, 0.25) is 0 Å². The summed E-state index contributed by atoms with van der Waals surface area (Å²) in [5.41, 5.74) is 5.86. The molecule has 0 heterocycles. The molecule has 82 valence electrons. The highest BCUT2D eigenvalue weighted by molar-refractivity contribution is 5.36. The Morgan fingerprint density at radius 2 is 2.33 bits per heavy atom. The maximum Gasteiger partial charge on any atom is 0.126 e. The molecular weight excluding hydrogens is 193 g/mol. The van der Waals surface area contributed by atoms with Gasteiger partial charge in [0.15, 0.2) is 0 Å². The van der Waals surface area contributed by atoms with Crippen molar-refractivity contribution in [1.29, 1.82) is 0 Å². The number of benzene rings is 1. The third kappa shape index (κ3) is 1.46. The summed E-state index contributed by atoms with van der Waals surface area (Å²) < 4.78 is 13.5. The van der Waals surface area contributed by atoms with Crippen LogP contribution in [0.3, 0.4) is 0 Å². The fourth-order valence-electron chi connectivity index (χ4n) is 2.39. The van der Waals surface area contributed by atoms with Crippen LogP contribution in [-0.2, 0) is 12.0 Å². The molecule has 0 aliphatic heterocycles. The van der Waals surface area contributed by atoms with E-state index in [9.17, 15) is 9.50 Å². The zero-order valence-corrected chi connectivity index (χ0v) is 8.83. The van der Waals surface area contributed by atoms with E-state index in [1.165, 1.54) is 6.07 Å². The first-order valence-electron chi connectivity index (χ1n) is 5.30. The predicted octanol–water partition coefficient (Wildman–Crippen LogP) is 1.55. The van der Waals surface area contributed by atoms with E-state index in [-0.39, 0.29) is 18.3 Å². The second kappa shape index (κ2) is 3.58. The number of fused-ring (bicyclic) bond motifs is 1. The molecule has 2 nitrogen and oxygen atoms in total. The van der Waals surface area contributed by atoms with Crippen molar-refractivity contribution in [2.24, 2.45) is 11.7 Å². The Morgan fingerprint density at radius 1 is 1.60 bits per heavy atom. The van der Waals surface area contributed by atoms with Gasteiger partial charge in [-0.25, -0.2) is 4.39 Å². The molecule has 15 heavy (non-hydrogen) atoms. The Morgan fingerprint density at radius 3 is 3.00 bits per heavy atom. The van der Waals surface area contributed by atoms with Crippen molar-refractivity contribution in [3.63, 3.8) is 0 Å². The van der Waals surface area contributed by atoms with Gasteiger partial charge in [0, 0.05) is 6.54 Å². The van der Waals surface area contributed by atoms with E-state index in [0.29, 0.717) is 17.5 Å². The summed E-state index contributed by atoms with van der Waals surface area (Å²) in [6.07, 6.45) is 1.47. The fourth-order valence-corrected chi connectivity index (χ4v) is 2.39. The van der Waals surface area contributed by atoms with Crippen LogP contribution in [0, 0.1) is 11.7 Å². The quantitative estimate of drug-likeness (QED) is 0.737. The van der Waals surface area contributed by atoms with Crippen molar-refractivity contribution < 1.29 is 9.50 Å². The first-order valence-corrected chi connectivity index (χ1v) is 5.30. The monoisotopic (exact) mass is 209 g/mol. The highest BCUT2D eigenvalue weighted by Gasteiger charge is 2.39. The van der Waals surface area contributed by atoms with E-state index < -0.39 is 5.60 Å². The van der Waals surface area contributed by atoms with Gasteiger partial charge in [0.25, 0.3) is 0 Å². The molecule has 1 aliphatic rings. The van der Waals surface area contributed by atoms with Crippen molar-refractivity contribution in [3.05, 3.63) is 35.1 Å². The molecule has 1 aromatic rings. The smallest absolute Gasteiger partial charge is 0.126 e. The molecule has 0 bridgehead atoms. The standard InChI is InChI=1S/C12H16FNO/c1-8-5-6-9-10(12(8,15)7-14)3-2-4-11(9)13/h2-4,8,15H,5-7,14H2,1H3. The second-order valence-corrected chi connectivity index (χ2v) is 4.33. The SMILES string of the molecule is CC1CCc2c(F)cccc2C1(O)CN. The molecule has 3 N–H and O–H groups in total. The molecule has 2 rings (SSSR count). The van der Waals surface area contributed by atoms with Gasteiger partial charge >= 0.3 is 0 Å².